The SMILES string of the molecule is CN1CCN(c2ccc(-c3cc(C(=O)NCc4cccnc4)ccn3)cc2)CC1. The van der Waals surface area contributed by atoms with Crippen molar-refractivity contribution in [2.75, 3.05) is 38.1 Å². The number of hydrogen-bond acceptors (Lipinski definition) is 5. The number of rotatable bonds is 5. The highest BCUT2D eigenvalue weighted by Crippen LogP contribution is 2.23. The van der Waals surface area contributed by atoms with E-state index in [1.807, 2.05) is 18.2 Å². The maximum Gasteiger partial charge on any atom is 0.251 e. The molecule has 0 saturated carbocycles. The summed E-state index contributed by atoms with van der Waals surface area (Å²) in [5, 5.41) is 2.93. The minimum atomic E-state index is -0.119. The molecular formula is C23H25N5O. The summed E-state index contributed by atoms with van der Waals surface area (Å²) in [6.45, 7) is 4.70. The van der Waals surface area contributed by atoms with Gasteiger partial charge in [-0.1, -0.05) is 18.2 Å². The van der Waals surface area contributed by atoms with Crippen LogP contribution in [0.25, 0.3) is 11.3 Å². The molecular weight excluding hydrogens is 362 g/mol. The predicted molar refractivity (Wildman–Crippen MR) is 115 cm³/mol. The molecule has 0 aliphatic carbocycles. The average Bonchev–Trinajstić information content (AvgIpc) is 2.79. The Balaban J connectivity index is 1.43. The Morgan fingerprint density at radius 2 is 1.83 bits per heavy atom. The Morgan fingerprint density at radius 1 is 1.03 bits per heavy atom. The standard InChI is InChI=1S/C23H25N5O/c1-27-11-13-28(14-12-27)21-6-4-19(5-7-21)22-15-20(8-10-25-22)23(29)26-17-18-3-2-9-24-16-18/h2-10,15-16H,11-14,17H2,1H3,(H,26,29). The van der Waals surface area contributed by atoms with Gasteiger partial charge >= 0.3 is 0 Å². The van der Waals surface area contributed by atoms with Gasteiger partial charge in [0.1, 0.15) is 0 Å². The zero-order valence-electron chi connectivity index (χ0n) is 16.6. The first kappa shape index (κ1) is 19.1. The molecule has 0 radical (unpaired) electrons. The number of aromatic nitrogens is 2. The quantitative estimate of drug-likeness (QED) is 0.729. The van der Waals surface area contributed by atoms with Crippen LogP contribution >= 0.6 is 0 Å². The van der Waals surface area contributed by atoms with Crippen LogP contribution in [0.1, 0.15) is 15.9 Å². The van der Waals surface area contributed by atoms with Gasteiger partial charge in [0.05, 0.1) is 5.69 Å². The van der Waals surface area contributed by atoms with Crippen molar-refractivity contribution in [3.8, 4) is 11.3 Å². The van der Waals surface area contributed by atoms with E-state index in [9.17, 15) is 4.79 Å². The number of carbonyl (C=O) groups is 1. The van der Waals surface area contributed by atoms with Crippen molar-refractivity contribution in [3.05, 3.63) is 78.2 Å². The Morgan fingerprint density at radius 3 is 2.55 bits per heavy atom. The Labute approximate surface area is 171 Å². The third kappa shape index (κ3) is 4.78. The van der Waals surface area contributed by atoms with Gasteiger partial charge in [0.15, 0.2) is 0 Å². The van der Waals surface area contributed by atoms with E-state index in [1.54, 1.807) is 24.7 Å². The highest BCUT2D eigenvalue weighted by molar-refractivity contribution is 5.95. The van der Waals surface area contributed by atoms with E-state index in [2.05, 4.69) is 56.4 Å². The first-order valence-corrected chi connectivity index (χ1v) is 9.86. The maximum atomic E-state index is 12.5. The summed E-state index contributed by atoms with van der Waals surface area (Å²) < 4.78 is 0. The van der Waals surface area contributed by atoms with Crippen molar-refractivity contribution in [1.29, 1.82) is 0 Å². The second-order valence-electron chi connectivity index (χ2n) is 7.31. The lowest BCUT2D eigenvalue weighted by molar-refractivity contribution is 0.0951. The molecule has 2 aromatic heterocycles. The van der Waals surface area contributed by atoms with Crippen molar-refractivity contribution in [2.45, 2.75) is 6.54 Å². The van der Waals surface area contributed by atoms with Gasteiger partial charge < -0.3 is 15.1 Å². The molecule has 1 fully saturated rings. The second-order valence-corrected chi connectivity index (χ2v) is 7.31. The average molecular weight is 387 g/mol. The summed E-state index contributed by atoms with van der Waals surface area (Å²) in [6.07, 6.45) is 5.15. The monoisotopic (exact) mass is 387 g/mol. The molecule has 3 aromatic rings. The summed E-state index contributed by atoms with van der Waals surface area (Å²) in [5.74, 6) is -0.119. The number of amides is 1. The fraction of sp³-hybridized carbons (Fsp3) is 0.261. The van der Waals surface area contributed by atoms with Crippen LogP contribution in [0.3, 0.4) is 0 Å². The molecule has 1 aliphatic rings. The molecule has 29 heavy (non-hydrogen) atoms. The molecule has 3 heterocycles. The Hall–Kier alpha value is -3.25. The predicted octanol–water partition coefficient (Wildman–Crippen LogP) is 2.83. The van der Waals surface area contributed by atoms with E-state index < -0.39 is 0 Å². The summed E-state index contributed by atoms with van der Waals surface area (Å²) in [6, 6.07) is 15.8. The molecule has 6 nitrogen and oxygen atoms in total. The summed E-state index contributed by atoms with van der Waals surface area (Å²) in [7, 11) is 2.16. The number of pyridine rings is 2. The van der Waals surface area contributed by atoms with Crippen molar-refractivity contribution < 1.29 is 4.79 Å². The molecule has 1 amide bonds. The van der Waals surface area contributed by atoms with Gasteiger partial charge in [0.2, 0.25) is 0 Å². The number of nitrogens with one attached hydrogen (secondary N) is 1. The van der Waals surface area contributed by atoms with Gasteiger partial charge in [-0.3, -0.25) is 14.8 Å². The van der Waals surface area contributed by atoms with E-state index >= 15 is 0 Å². The van der Waals surface area contributed by atoms with Crippen molar-refractivity contribution in [1.82, 2.24) is 20.2 Å². The zero-order valence-corrected chi connectivity index (χ0v) is 16.6. The number of likely N-dealkylation sites (N-methyl/N-ethyl adjacent to an activating group) is 1. The molecule has 1 N–H and O–H groups in total. The Bertz CT molecular complexity index is 951. The van der Waals surface area contributed by atoms with E-state index in [4.69, 9.17) is 0 Å². The first-order valence-electron chi connectivity index (χ1n) is 9.86. The van der Waals surface area contributed by atoms with Gasteiger partial charge in [-0.2, -0.15) is 0 Å². The number of carbonyl (C=O) groups excluding carboxylic acids is 1. The molecule has 4 rings (SSSR count). The Kier molecular flexibility index (Phi) is 5.81. The van der Waals surface area contributed by atoms with Gasteiger partial charge in [0, 0.05) is 68.1 Å². The van der Waals surface area contributed by atoms with E-state index in [0.717, 1.165) is 43.0 Å². The van der Waals surface area contributed by atoms with Gasteiger partial charge in [-0.15, -0.1) is 0 Å². The lowest BCUT2D eigenvalue weighted by atomic mass is 10.1. The normalized spacial score (nSPS) is 14.6. The van der Waals surface area contributed by atoms with E-state index in [1.165, 1.54) is 5.69 Å². The van der Waals surface area contributed by atoms with Crippen LogP contribution in [-0.4, -0.2) is 54.0 Å². The minimum Gasteiger partial charge on any atom is -0.369 e. The highest BCUT2D eigenvalue weighted by Gasteiger charge is 2.14. The molecule has 1 aliphatic heterocycles. The summed E-state index contributed by atoms with van der Waals surface area (Å²) in [5.41, 5.74) is 4.60. The van der Waals surface area contributed by atoms with Crippen LogP contribution in [0.2, 0.25) is 0 Å². The van der Waals surface area contributed by atoms with Crippen molar-refractivity contribution >= 4 is 11.6 Å². The zero-order chi connectivity index (χ0) is 20.1. The van der Waals surface area contributed by atoms with Gasteiger partial charge in [0.25, 0.3) is 5.91 Å². The second kappa shape index (κ2) is 8.84. The van der Waals surface area contributed by atoms with E-state index in [-0.39, 0.29) is 5.91 Å². The van der Waals surface area contributed by atoms with E-state index in [0.29, 0.717) is 12.1 Å². The van der Waals surface area contributed by atoms with Crippen LogP contribution in [0.15, 0.2) is 67.1 Å². The molecule has 6 heteroatoms. The lowest BCUT2D eigenvalue weighted by Gasteiger charge is -2.34. The van der Waals surface area contributed by atoms with Crippen molar-refractivity contribution in [3.63, 3.8) is 0 Å². The largest absolute Gasteiger partial charge is 0.369 e. The first-order chi connectivity index (χ1) is 14.2. The molecule has 148 valence electrons. The highest BCUT2D eigenvalue weighted by atomic mass is 16.1. The molecule has 0 bridgehead atoms. The molecule has 0 unspecified atom stereocenters. The fourth-order valence-electron chi connectivity index (χ4n) is 3.42. The molecule has 1 aromatic carbocycles. The minimum absolute atomic E-state index is 0.119. The summed E-state index contributed by atoms with van der Waals surface area (Å²) >= 11 is 0. The smallest absolute Gasteiger partial charge is 0.251 e. The van der Waals surface area contributed by atoms with Crippen LogP contribution in [-0.2, 0) is 6.54 Å². The van der Waals surface area contributed by atoms with Crippen molar-refractivity contribution in [2.24, 2.45) is 0 Å². The number of nitrogens with zero attached hydrogens (tertiary/aromatic N) is 4. The van der Waals surface area contributed by atoms with Gasteiger partial charge in [-0.05, 0) is 42.9 Å². The van der Waals surface area contributed by atoms with Crippen LogP contribution < -0.4 is 10.2 Å². The van der Waals surface area contributed by atoms with Crippen LogP contribution in [0, 0.1) is 0 Å². The number of benzene rings is 1. The fourth-order valence-corrected chi connectivity index (χ4v) is 3.42. The summed E-state index contributed by atoms with van der Waals surface area (Å²) in [4.78, 5) is 25.8. The maximum absolute atomic E-state index is 12.5. The van der Waals surface area contributed by atoms with Crippen LogP contribution in [0.4, 0.5) is 5.69 Å². The number of hydrogen-bond donors (Lipinski definition) is 1. The third-order valence-electron chi connectivity index (χ3n) is 5.23. The molecule has 0 spiro atoms. The number of piperazine rings is 1. The third-order valence-corrected chi connectivity index (χ3v) is 5.23. The lowest BCUT2D eigenvalue weighted by Crippen LogP contribution is -2.44. The topological polar surface area (TPSA) is 61.4 Å². The van der Waals surface area contributed by atoms with Crippen LogP contribution in [0.5, 0.6) is 0 Å². The molecule has 1 saturated heterocycles. The van der Waals surface area contributed by atoms with Gasteiger partial charge in [-0.25, -0.2) is 0 Å². The number of anilines is 1. The molecule has 0 atom stereocenters.